The van der Waals surface area contributed by atoms with Crippen LogP contribution in [0.3, 0.4) is 0 Å². The van der Waals surface area contributed by atoms with Crippen molar-refractivity contribution in [1.29, 1.82) is 0 Å². The van der Waals surface area contributed by atoms with Crippen molar-refractivity contribution in [1.82, 2.24) is 25.4 Å². The number of hydrogen-bond donors (Lipinski definition) is 2. The average Bonchev–Trinajstić information content (AvgIpc) is 3.43. The minimum Gasteiger partial charge on any atom is -0.344 e. The molecule has 194 valence electrons. The number of hydrogen-bond acceptors (Lipinski definition) is 5. The van der Waals surface area contributed by atoms with Crippen molar-refractivity contribution in [3.63, 3.8) is 0 Å². The molecule has 2 N–H and O–H groups in total. The summed E-state index contributed by atoms with van der Waals surface area (Å²) in [4.78, 5) is 43.5. The van der Waals surface area contributed by atoms with Crippen LogP contribution in [0.1, 0.15) is 25.1 Å². The molecule has 0 aliphatic rings. The second-order valence-corrected chi connectivity index (χ2v) is 9.33. The molecule has 0 saturated heterocycles. The summed E-state index contributed by atoms with van der Waals surface area (Å²) in [6.45, 7) is 3.38. The Morgan fingerprint density at radius 2 is 1.74 bits per heavy atom. The average molecular weight is 514 g/mol. The van der Waals surface area contributed by atoms with Gasteiger partial charge in [-0.2, -0.15) is 5.10 Å². The smallest absolute Gasteiger partial charge is 0.289 e. The number of carbonyl (C=O) groups excluding carboxylic acids is 3. The number of rotatable bonds is 10. The Labute approximate surface area is 219 Å². The topological polar surface area (TPSA) is 106 Å². The van der Waals surface area contributed by atoms with Crippen molar-refractivity contribution in [2.45, 2.75) is 38.4 Å². The lowest BCUT2D eigenvalue weighted by Crippen LogP contribution is -2.54. The molecule has 0 aliphatic heterocycles. The monoisotopic (exact) mass is 513 g/mol. The molecule has 0 saturated carbocycles. The normalized spacial score (nSPS) is 12.0. The van der Waals surface area contributed by atoms with Crippen molar-refractivity contribution < 1.29 is 18.8 Å². The SMILES string of the molecule is CC(C)(C(=O)N[C@H](Cc1ccccc1)C(=O)C(=O)NCc1ccccn1)n1cc(-c2cccc(F)c2)cn1. The van der Waals surface area contributed by atoms with E-state index in [9.17, 15) is 18.8 Å². The molecule has 4 aromatic rings. The van der Waals surface area contributed by atoms with E-state index >= 15 is 0 Å². The summed E-state index contributed by atoms with van der Waals surface area (Å²) in [7, 11) is 0. The second kappa shape index (κ2) is 11.6. The maximum Gasteiger partial charge on any atom is 0.289 e. The Morgan fingerprint density at radius 3 is 2.45 bits per heavy atom. The zero-order chi connectivity index (χ0) is 27.1. The van der Waals surface area contributed by atoms with Gasteiger partial charge in [0.1, 0.15) is 17.4 Å². The van der Waals surface area contributed by atoms with Crippen LogP contribution < -0.4 is 10.6 Å². The number of carbonyl (C=O) groups is 3. The van der Waals surface area contributed by atoms with Crippen LogP contribution >= 0.6 is 0 Å². The first kappa shape index (κ1) is 26.4. The van der Waals surface area contributed by atoms with E-state index in [1.165, 1.54) is 16.8 Å². The highest BCUT2D eigenvalue weighted by Crippen LogP contribution is 2.23. The minimum absolute atomic E-state index is 0.0824. The Balaban J connectivity index is 1.51. The van der Waals surface area contributed by atoms with Gasteiger partial charge >= 0.3 is 0 Å². The maximum absolute atomic E-state index is 13.7. The largest absolute Gasteiger partial charge is 0.344 e. The van der Waals surface area contributed by atoms with Gasteiger partial charge < -0.3 is 10.6 Å². The molecule has 0 aliphatic carbocycles. The van der Waals surface area contributed by atoms with Gasteiger partial charge in [0, 0.05) is 24.4 Å². The first-order valence-corrected chi connectivity index (χ1v) is 12.1. The van der Waals surface area contributed by atoms with E-state index in [4.69, 9.17) is 0 Å². The van der Waals surface area contributed by atoms with Crippen LogP contribution in [0.25, 0.3) is 11.1 Å². The maximum atomic E-state index is 13.7. The molecule has 0 unspecified atom stereocenters. The van der Waals surface area contributed by atoms with E-state index < -0.39 is 29.2 Å². The first-order chi connectivity index (χ1) is 18.2. The number of amides is 2. The van der Waals surface area contributed by atoms with E-state index in [2.05, 4.69) is 20.7 Å². The van der Waals surface area contributed by atoms with Gasteiger partial charge in [0.05, 0.1) is 18.4 Å². The molecule has 0 spiro atoms. The zero-order valence-corrected chi connectivity index (χ0v) is 21.1. The highest BCUT2D eigenvalue weighted by Gasteiger charge is 2.35. The lowest BCUT2D eigenvalue weighted by Gasteiger charge is -2.27. The van der Waals surface area contributed by atoms with E-state index in [-0.39, 0.29) is 18.8 Å². The molecule has 2 aromatic heterocycles. The third-order valence-corrected chi connectivity index (χ3v) is 6.15. The molecule has 4 rings (SSSR count). The van der Waals surface area contributed by atoms with Crippen LogP contribution in [-0.2, 0) is 32.9 Å². The van der Waals surface area contributed by atoms with E-state index in [0.29, 0.717) is 16.8 Å². The van der Waals surface area contributed by atoms with E-state index in [1.807, 2.05) is 30.3 Å². The van der Waals surface area contributed by atoms with Gasteiger partial charge in [-0.3, -0.25) is 24.0 Å². The third-order valence-electron chi connectivity index (χ3n) is 6.15. The summed E-state index contributed by atoms with van der Waals surface area (Å²) >= 11 is 0. The van der Waals surface area contributed by atoms with Crippen molar-refractivity contribution >= 4 is 17.6 Å². The van der Waals surface area contributed by atoms with Crippen molar-refractivity contribution in [2.75, 3.05) is 0 Å². The Kier molecular flexibility index (Phi) is 8.06. The second-order valence-electron chi connectivity index (χ2n) is 9.33. The summed E-state index contributed by atoms with van der Waals surface area (Å²) < 4.78 is 15.1. The van der Waals surface area contributed by atoms with Crippen LogP contribution in [0.5, 0.6) is 0 Å². The van der Waals surface area contributed by atoms with Gasteiger partial charge in [0.25, 0.3) is 5.91 Å². The fourth-order valence-electron chi connectivity index (χ4n) is 3.86. The number of Topliss-reactive ketones (excluding diaryl/α,β-unsaturated/α-hetero) is 1. The standard InChI is InChI=1S/C29H28FN5O3/c1-29(2,35-19-22(17-33-35)21-11-8-12-23(30)16-21)28(38)34-25(15-20-9-4-3-5-10-20)26(36)27(37)32-18-24-13-6-7-14-31-24/h3-14,16-17,19,25H,15,18H2,1-2H3,(H,32,37)(H,34,38)/t25-/m1/s1. The molecule has 0 bridgehead atoms. The predicted molar refractivity (Wildman–Crippen MR) is 140 cm³/mol. The quantitative estimate of drug-likeness (QED) is 0.316. The number of ketones is 1. The molecule has 9 heteroatoms. The summed E-state index contributed by atoms with van der Waals surface area (Å²) in [6, 6.07) is 19.4. The molecular weight excluding hydrogens is 485 g/mol. The molecule has 8 nitrogen and oxygen atoms in total. The molecule has 2 heterocycles. The van der Waals surface area contributed by atoms with Crippen LogP contribution in [0.4, 0.5) is 4.39 Å². The van der Waals surface area contributed by atoms with Gasteiger partial charge in [-0.25, -0.2) is 4.39 Å². The van der Waals surface area contributed by atoms with Gasteiger partial charge in [-0.15, -0.1) is 0 Å². The molecule has 0 radical (unpaired) electrons. The fraction of sp³-hybridized carbons (Fsp3) is 0.207. The van der Waals surface area contributed by atoms with E-state index in [0.717, 1.165) is 5.56 Å². The predicted octanol–water partition coefficient (Wildman–Crippen LogP) is 3.43. The lowest BCUT2D eigenvalue weighted by molar-refractivity contribution is -0.141. The van der Waals surface area contributed by atoms with Crippen molar-refractivity contribution in [2.24, 2.45) is 0 Å². The Hall–Kier alpha value is -4.66. The molecule has 0 fully saturated rings. The van der Waals surface area contributed by atoms with Crippen LogP contribution in [-0.4, -0.2) is 38.4 Å². The van der Waals surface area contributed by atoms with Crippen LogP contribution in [0, 0.1) is 5.82 Å². The number of nitrogens with one attached hydrogen (secondary N) is 2. The summed E-state index contributed by atoms with van der Waals surface area (Å²) in [5, 5.41) is 9.65. The molecule has 2 aromatic carbocycles. The number of aromatic nitrogens is 3. The zero-order valence-electron chi connectivity index (χ0n) is 21.1. The summed E-state index contributed by atoms with van der Waals surface area (Å²) in [5.41, 5.74) is 1.43. The Morgan fingerprint density at radius 1 is 0.974 bits per heavy atom. The van der Waals surface area contributed by atoms with Gasteiger partial charge in [-0.05, 0) is 49.2 Å². The van der Waals surface area contributed by atoms with E-state index in [1.54, 1.807) is 62.8 Å². The molecule has 1 atom stereocenters. The number of benzene rings is 2. The van der Waals surface area contributed by atoms with Crippen molar-refractivity contribution in [3.05, 3.63) is 108 Å². The van der Waals surface area contributed by atoms with Crippen molar-refractivity contribution in [3.8, 4) is 11.1 Å². The summed E-state index contributed by atoms with van der Waals surface area (Å²) in [6.07, 6.45) is 4.91. The molecule has 2 amide bonds. The minimum atomic E-state index is -1.22. The first-order valence-electron chi connectivity index (χ1n) is 12.1. The number of pyridine rings is 1. The highest BCUT2D eigenvalue weighted by atomic mass is 19.1. The van der Waals surface area contributed by atoms with Gasteiger partial charge in [-0.1, -0.05) is 48.5 Å². The molecule has 38 heavy (non-hydrogen) atoms. The number of halogens is 1. The molecular formula is C29H28FN5O3. The van der Waals surface area contributed by atoms with Gasteiger partial charge in [0.2, 0.25) is 11.7 Å². The summed E-state index contributed by atoms with van der Waals surface area (Å²) in [5.74, 6) is -2.47. The third kappa shape index (κ3) is 6.36. The number of nitrogens with zero attached hydrogens (tertiary/aromatic N) is 3. The Bertz CT molecular complexity index is 1420. The van der Waals surface area contributed by atoms with Crippen LogP contribution in [0.2, 0.25) is 0 Å². The van der Waals surface area contributed by atoms with Gasteiger partial charge in [0.15, 0.2) is 0 Å². The fourth-order valence-corrected chi connectivity index (χ4v) is 3.86. The van der Waals surface area contributed by atoms with Crippen LogP contribution in [0.15, 0.2) is 91.4 Å². The lowest BCUT2D eigenvalue weighted by atomic mass is 9.98. The highest BCUT2D eigenvalue weighted by molar-refractivity contribution is 6.38.